The Hall–Kier alpha value is -3.47. The Morgan fingerprint density at radius 3 is 2.55 bits per heavy atom. The molecule has 5 nitrogen and oxygen atoms in total. The van der Waals surface area contributed by atoms with Crippen molar-refractivity contribution in [3.63, 3.8) is 0 Å². The van der Waals surface area contributed by atoms with E-state index in [9.17, 15) is 4.79 Å². The third-order valence-electron chi connectivity index (χ3n) is 5.15. The van der Waals surface area contributed by atoms with Crippen LogP contribution in [-0.4, -0.2) is 20.7 Å². The lowest BCUT2D eigenvalue weighted by atomic mass is 10.0. The molecule has 0 saturated heterocycles. The van der Waals surface area contributed by atoms with Gasteiger partial charge < -0.3 is 5.32 Å². The van der Waals surface area contributed by atoms with E-state index in [-0.39, 0.29) is 11.9 Å². The maximum atomic E-state index is 13.2. The second-order valence-electron chi connectivity index (χ2n) is 7.16. The van der Waals surface area contributed by atoms with E-state index in [0.29, 0.717) is 5.56 Å². The lowest BCUT2D eigenvalue weighted by Crippen LogP contribution is -2.27. The Kier molecular flexibility index (Phi) is 5.12. The molecule has 0 bridgehead atoms. The van der Waals surface area contributed by atoms with Gasteiger partial charge in [0.25, 0.3) is 5.91 Å². The Labute approximate surface area is 170 Å². The first-order chi connectivity index (χ1) is 14.1. The quantitative estimate of drug-likeness (QED) is 0.531. The summed E-state index contributed by atoms with van der Waals surface area (Å²) in [5.74, 6) is -0.110. The van der Waals surface area contributed by atoms with Gasteiger partial charge in [-0.1, -0.05) is 48.5 Å². The van der Waals surface area contributed by atoms with Gasteiger partial charge in [0.2, 0.25) is 0 Å². The summed E-state index contributed by atoms with van der Waals surface area (Å²) in [6.45, 7) is 6.80. The third-order valence-corrected chi connectivity index (χ3v) is 5.15. The van der Waals surface area contributed by atoms with E-state index in [1.807, 2.05) is 92.3 Å². The van der Waals surface area contributed by atoms with E-state index in [4.69, 9.17) is 4.98 Å². The van der Waals surface area contributed by atoms with Gasteiger partial charge in [-0.3, -0.25) is 9.48 Å². The highest BCUT2D eigenvalue weighted by Gasteiger charge is 2.18. The van der Waals surface area contributed by atoms with Gasteiger partial charge >= 0.3 is 0 Å². The lowest BCUT2D eigenvalue weighted by molar-refractivity contribution is 0.0941. The topological polar surface area (TPSA) is 59.8 Å². The van der Waals surface area contributed by atoms with Crippen molar-refractivity contribution < 1.29 is 4.79 Å². The van der Waals surface area contributed by atoms with Gasteiger partial charge in [-0.05, 0) is 38.5 Å². The maximum absolute atomic E-state index is 13.2. The van der Waals surface area contributed by atoms with Crippen LogP contribution < -0.4 is 5.32 Å². The summed E-state index contributed by atoms with van der Waals surface area (Å²) >= 11 is 0. The van der Waals surface area contributed by atoms with Crippen molar-refractivity contribution in [3.8, 4) is 11.3 Å². The smallest absolute Gasteiger partial charge is 0.252 e. The highest BCUT2D eigenvalue weighted by atomic mass is 16.1. The summed E-state index contributed by atoms with van der Waals surface area (Å²) in [6.07, 6.45) is 1.99. The number of fused-ring (bicyclic) bond motifs is 1. The molecule has 0 radical (unpaired) electrons. The first-order valence-corrected chi connectivity index (χ1v) is 9.87. The molecule has 2 heterocycles. The molecule has 0 fully saturated rings. The molecule has 0 aliphatic carbocycles. The van der Waals surface area contributed by atoms with Gasteiger partial charge in [-0.25, -0.2) is 4.98 Å². The first kappa shape index (κ1) is 18.9. The van der Waals surface area contributed by atoms with E-state index in [1.54, 1.807) is 0 Å². The highest BCUT2D eigenvalue weighted by molar-refractivity contribution is 6.07. The molecule has 1 N–H and O–H groups in total. The largest absolute Gasteiger partial charge is 0.345 e. The summed E-state index contributed by atoms with van der Waals surface area (Å²) in [4.78, 5) is 18.0. The van der Waals surface area contributed by atoms with Crippen LogP contribution in [0.1, 0.15) is 41.5 Å². The molecule has 1 atom stereocenters. The molecule has 0 aliphatic rings. The molecule has 1 unspecified atom stereocenters. The number of benzene rings is 2. The van der Waals surface area contributed by atoms with E-state index < -0.39 is 0 Å². The minimum atomic E-state index is -0.110. The van der Waals surface area contributed by atoms with Gasteiger partial charge in [-0.2, -0.15) is 5.10 Å². The van der Waals surface area contributed by atoms with Crippen molar-refractivity contribution in [2.75, 3.05) is 0 Å². The van der Waals surface area contributed by atoms with E-state index in [2.05, 4.69) is 10.4 Å². The molecule has 5 heteroatoms. The van der Waals surface area contributed by atoms with Crippen LogP contribution in [0.2, 0.25) is 0 Å². The van der Waals surface area contributed by atoms with Crippen molar-refractivity contribution >= 4 is 16.8 Å². The van der Waals surface area contributed by atoms with Crippen LogP contribution in [0.5, 0.6) is 0 Å². The Balaban J connectivity index is 1.76. The average molecular weight is 384 g/mol. The van der Waals surface area contributed by atoms with Gasteiger partial charge in [0, 0.05) is 23.7 Å². The number of aromatic nitrogens is 3. The number of pyridine rings is 1. The molecule has 2 aromatic carbocycles. The van der Waals surface area contributed by atoms with Crippen LogP contribution in [0.15, 0.2) is 66.9 Å². The number of hydrogen-bond donors (Lipinski definition) is 1. The molecule has 1 amide bonds. The molecule has 4 rings (SSSR count). The SMILES string of the molecule is CCn1cc(-c2cc(C(=O)NC(C)c3ccccc3)c3ccccc3n2)c(C)n1. The van der Waals surface area contributed by atoms with Gasteiger partial charge in [0.15, 0.2) is 0 Å². The second-order valence-corrected chi connectivity index (χ2v) is 7.16. The Morgan fingerprint density at radius 1 is 1.10 bits per heavy atom. The fourth-order valence-electron chi connectivity index (χ4n) is 3.53. The summed E-state index contributed by atoms with van der Waals surface area (Å²) in [5.41, 5.74) is 5.10. The summed E-state index contributed by atoms with van der Waals surface area (Å²) < 4.78 is 1.89. The van der Waals surface area contributed by atoms with Crippen LogP contribution in [-0.2, 0) is 6.54 Å². The molecule has 146 valence electrons. The first-order valence-electron chi connectivity index (χ1n) is 9.87. The number of hydrogen-bond acceptors (Lipinski definition) is 3. The van der Waals surface area contributed by atoms with E-state index in [0.717, 1.165) is 40.0 Å². The predicted molar refractivity (Wildman–Crippen MR) is 116 cm³/mol. The molecule has 4 aromatic rings. The Bertz CT molecular complexity index is 1160. The molecule has 0 saturated carbocycles. The number of nitrogens with zero attached hydrogens (tertiary/aromatic N) is 3. The number of para-hydroxylation sites is 1. The van der Waals surface area contributed by atoms with E-state index in [1.165, 1.54) is 0 Å². The average Bonchev–Trinajstić information content (AvgIpc) is 3.14. The number of rotatable bonds is 5. The van der Waals surface area contributed by atoms with Crippen molar-refractivity contribution in [2.45, 2.75) is 33.4 Å². The van der Waals surface area contributed by atoms with Crippen molar-refractivity contribution in [3.05, 3.63) is 83.7 Å². The molecular formula is C24H24N4O. The van der Waals surface area contributed by atoms with Crippen molar-refractivity contribution in [1.29, 1.82) is 0 Å². The second kappa shape index (κ2) is 7.87. The highest BCUT2D eigenvalue weighted by Crippen LogP contribution is 2.27. The maximum Gasteiger partial charge on any atom is 0.252 e. The molecule has 2 aromatic heterocycles. The van der Waals surface area contributed by atoms with Crippen LogP contribution >= 0.6 is 0 Å². The third kappa shape index (κ3) is 3.76. The van der Waals surface area contributed by atoms with Crippen LogP contribution in [0.4, 0.5) is 0 Å². The number of carbonyl (C=O) groups excluding carboxylic acids is 1. The predicted octanol–water partition coefficient (Wildman–Crippen LogP) is 4.92. The minimum Gasteiger partial charge on any atom is -0.345 e. The van der Waals surface area contributed by atoms with E-state index >= 15 is 0 Å². The Morgan fingerprint density at radius 2 is 1.83 bits per heavy atom. The molecule has 29 heavy (non-hydrogen) atoms. The fraction of sp³-hybridized carbons (Fsp3) is 0.208. The molecular weight excluding hydrogens is 360 g/mol. The molecule has 0 spiro atoms. The van der Waals surface area contributed by atoms with Crippen LogP contribution in [0.25, 0.3) is 22.2 Å². The summed E-state index contributed by atoms with van der Waals surface area (Å²) in [6, 6.07) is 19.5. The zero-order valence-corrected chi connectivity index (χ0v) is 16.9. The summed E-state index contributed by atoms with van der Waals surface area (Å²) in [5, 5.41) is 8.49. The fourth-order valence-corrected chi connectivity index (χ4v) is 3.53. The molecule has 0 aliphatic heterocycles. The van der Waals surface area contributed by atoms with Crippen molar-refractivity contribution in [1.82, 2.24) is 20.1 Å². The number of amides is 1. The number of aryl methyl sites for hydroxylation is 2. The standard InChI is InChI=1S/C24H24N4O/c1-4-28-15-21(17(3)27-28)23-14-20(19-12-8-9-13-22(19)26-23)24(29)25-16(2)18-10-6-5-7-11-18/h5-16H,4H2,1-3H3,(H,25,29). The number of carbonyl (C=O) groups is 1. The van der Waals surface area contributed by atoms with Gasteiger partial charge in [0.1, 0.15) is 0 Å². The van der Waals surface area contributed by atoms with Gasteiger partial charge in [-0.15, -0.1) is 0 Å². The zero-order valence-electron chi connectivity index (χ0n) is 16.9. The van der Waals surface area contributed by atoms with Crippen LogP contribution in [0.3, 0.4) is 0 Å². The van der Waals surface area contributed by atoms with Crippen molar-refractivity contribution in [2.24, 2.45) is 0 Å². The number of nitrogens with one attached hydrogen (secondary N) is 1. The van der Waals surface area contributed by atoms with Gasteiger partial charge in [0.05, 0.1) is 28.5 Å². The van der Waals surface area contributed by atoms with Crippen LogP contribution in [0, 0.1) is 6.92 Å². The zero-order chi connectivity index (χ0) is 20.4. The normalized spacial score (nSPS) is 12.1. The summed E-state index contributed by atoms with van der Waals surface area (Å²) in [7, 11) is 0. The minimum absolute atomic E-state index is 0.0938. The lowest BCUT2D eigenvalue weighted by Gasteiger charge is -2.16. The monoisotopic (exact) mass is 384 g/mol.